The number of carbonyl (C=O) groups excluding carboxylic acids is 1. The molecule has 0 spiro atoms. The van der Waals surface area contributed by atoms with Crippen molar-refractivity contribution in [2.75, 3.05) is 20.8 Å². The topological polar surface area (TPSA) is 68.5 Å². The fourth-order valence-electron chi connectivity index (χ4n) is 2.51. The van der Waals surface area contributed by atoms with E-state index in [0.717, 1.165) is 12.8 Å². The van der Waals surface area contributed by atoms with Crippen LogP contribution in [0.4, 0.5) is 0 Å². The van der Waals surface area contributed by atoms with Gasteiger partial charge in [0.25, 0.3) is 0 Å². The van der Waals surface area contributed by atoms with Gasteiger partial charge >= 0.3 is 0 Å². The first-order valence-electron chi connectivity index (χ1n) is 6.95. The van der Waals surface area contributed by atoms with E-state index in [-0.39, 0.29) is 18.3 Å². The Bertz CT molecular complexity index is 544. The van der Waals surface area contributed by atoms with Crippen LogP contribution in [0.15, 0.2) is 18.2 Å². The van der Waals surface area contributed by atoms with Crippen molar-refractivity contribution in [3.05, 3.63) is 23.8 Å². The van der Waals surface area contributed by atoms with E-state index in [1.807, 2.05) is 0 Å². The van der Waals surface area contributed by atoms with Crippen LogP contribution >= 0.6 is 0 Å². The molecule has 0 N–H and O–H groups in total. The third-order valence-corrected chi connectivity index (χ3v) is 3.64. The van der Waals surface area contributed by atoms with Gasteiger partial charge in [-0.25, -0.2) is 0 Å². The van der Waals surface area contributed by atoms with Crippen LogP contribution in [-0.4, -0.2) is 32.7 Å². The summed E-state index contributed by atoms with van der Waals surface area (Å²) in [5.74, 6) is 0.176. The second kappa shape index (κ2) is 7.09. The van der Waals surface area contributed by atoms with Gasteiger partial charge < -0.3 is 14.2 Å². The Labute approximate surface area is 124 Å². The van der Waals surface area contributed by atoms with Gasteiger partial charge in [0.1, 0.15) is 5.92 Å². The van der Waals surface area contributed by atoms with E-state index in [1.165, 1.54) is 7.11 Å². The number of hydrogen-bond acceptors (Lipinski definition) is 5. The molecule has 0 amide bonds. The summed E-state index contributed by atoms with van der Waals surface area (Å²) in [5, 5.41) is 9.33. The van der Waals surface area contributed by atoms with Crippen molar-refractivity contribution in [1.82, 2.24) is 0 Å². The normalized spacial score (nSPS) is 18.8. The summed E-state index contributed by atoms with van der Waals surface area (Å²) < 4.78 is 15.8. The van der Waals surface area contributed by atoms with E-state index < -0.39 is 5.92 Å². The number of carbonyl (C=O) groups is 1. The van der Waals surface area contributed by atoms with Crippen molar-refractivity contribution in [2.24, 2.45) is 0 Å². The molecule has 1 aromatic carbocycles. The molecule has 21 heavy (non-hydrogen) atoms. The average Bonchev–Trinajstić information content (AvgIpc) is 3.00. The molecule has 1 aromatic rings. The Morgan fingerprint density at radius 3 is 2.76 bits per heavy atom. The molecule has 0 aliphatic carbocycles. The monoisotopic (exact) mass is 289 g/mol. The van der Waals surface area contributed by atoms with Gasteiger partial charge in [-0.15, -0.1) is 0 Å². The van der Waals surface area contributed by atoms with Crippen molar-refractivity contribution in [3.8, 4) is 17.6 Å². The molecule has 5 nitrogen and oxygen atoms in total. The van der Waals surface area contributed by atoms with Crippen molar-refractivity contribution >= 4 is 5.78 Å². The largest absolute Gasteiger partial charge is 0.493 e. The van der Waals surface area contributed by atoms with Gasteiger partial charge in [-0.1, -0.05) is 6.07 Å². The smallest absolute Gasteiger partial charge is 0.161 e. The second-order valence-electron chi connectivity index (χ2n) is 4.98. The lowest BCUT2D eigenvalue weighted by molar-refractivity contribution is -0.121. The van der Waals surface area contributed by atoms with Crippen LogP contribution in [0.5, 0.6) is 11.5 Å². The van der Waals surface area contributed by atoms with Gasteiger partial charge in [-0.2, -0.15) is 5.26 Å². The Morgan fingerprint density at radius 1 is 1.43 bits per heavy atom. The van der Waals surface area contributed by atoms with Crippen molar-refractivity contribution in [2.45, 2.75) is 31.3 Å². The van der Waals surface area contributed by atoms with Crippen LogP contribution in [-0.2, 0) is 9.53 Å². The molecule has 1 saturated heterocycles. The Morgan fingerprint density at radius 2 is 2.19 bits per heavy atom. The van der Waals surface area contributed by atoms with Crippen LogP contribution in [0.3, 0.4) is 0 Å². The minimum atomic E-state index is -0.797. The Hall–Kier alpha value is -2.06. The number of ketones is 1. The van der Waals surface area contributed by atoms with Crippen LogP contribution in [0.2, 0.25) is 0 Å². The molecule has 0 aromatic heterocycles. The molecule has 112 valence electrons. The number of hydrogen-bond donors (Lipinski definition) is 0. The number of rotatable bonds is 6. The first-order chi connectivity index (χ1) is 10.2. The van der Waals surface area contributed by atoms with E-state index in [1.54, 1.807) is 25.3 Å². The fraction of sp³-hybridized carbons (Fsp3) is 0.500. The van der Waals surface area contributed by atoms with Crippen LogP contribution in [0.25, 0.3) is 0 Å². The van der Waals surface area contributed by atoms with Gasteiger partial charge in [-0.3, -0.25) is 4.79 Å². The van der Waals surface area contributed by atoms with E-state index >= 15 is 0 Å². The summed E-state index contributed by atoms with van der Waals surface area (Å²) >= 11 is 0. The summed E-state index contributed by atoms with van der Waals surface area (Å²) in [7, 11) is 3.07. The molecule has 0 saturated carbocycles. The van der Waals surface area contributed by atoms with E-state index in [4.69, 9.17) is 14.2 Å². The third-order valence-electron chi connectivity index (χ3n) is 3.64. The van der Waals surface area contributed by atoms with Crippen LogP contribution < -0.4 is 9.47 Å². The number of benzene rings is 1. The molecule has 1 aliphatic heterocycles. The maximum absolute atomic E-state index is 12.3. The molecule has 0 bridgehead atoms. The van der Waals surface area contributed by atoms with Crippen LogP contribution in [0.1, 0.15) is 30.7 Å². The summed E-state index contributed by atoms with van der Waals surface area (Å²) in [6.07, 6.45) is 2.10. The lowest BCUT2D eigenvalue weighted by Gasteiger charge is -2.14. The summed E-state index contributed by atoms with van der Waals surface area (Å²) in [6, 6.07) is 7.19. The van der Waals surface area contributed by atoms with E-state index in [9.17, 15) is 10.1 Å². The maximum Gasteiger partial charge on any atom is 0.161 e. The van der Waals surface area contributed by atoms with Crippen molar-refractivity contribution in [1.29, 1.82) is 5.26 Å². The molecule has 2 rings (SSSR count). The van der Waals surface area contributed by atoms with Crippen molar-refractivity contribution < 1.29 is 19.0 Å². The highest BCUT2D eigenvalue weighted by Gasteiger charge is 2.26. The maximum atomic E-state index is 12.3. The van der Waals surface area contributed by atoms with Gasteiger partial charge in [-0.05, 0) is 30.5 Å². The van der Waals surface area contributed by atoms with Gasteiger partial charge in [0.15, 0.2) is 17.3 Å². The predicted octanol–water partition coefficient (Wildman–Crippen LogP) is 2.45. The molecule has 5 heteroatoms. The highest BCUT2D eigenvalue weighted by atomic mass is 16.5. The fourth-order valence-corrected chi connectivity index (χ4v) is 2.51. The minimum absolute atomic E-state index is 0.0477. The zero-order valence-electron chi connectivity index (χ0n) is 12.3. The van der Waals surface area contributed by atoms with E-state index in [2.05, 4.69) is 6.07 Å². The molecule has 2 unspecified atom stereocenters. The highest BCUT2D eigenvalue weighted by molar-refractivity contribution is 5.89. The molecular weight excluding hydrogens is 270 g/mol. The predicted molar refractivity (Wildman–Crippen MR) is 76.5 cm³/mol. The zero-order chi connectivity index (χ0) is 15.2. The molecule has 0 radical (unpaired) electrons. The summed E-state index contributed by atoms with van der Waals surface area (Å²) in [5.41, 5.74) is 0.623. The SMILES string of the molecule is COc1ccc(C(C#N)C(=O)CC2CCCO2)cc1OC. The number of Topliss-reactive ketones (excluding diaryl/α,β-unsaturated/α-hetero) is 1. The lowest BCUT2D eigenvalue weighted by atomic mass is 9.92. The molecular formula is C16H19NO4. The first-order valence-corrected chi connectivity index (χ1v) is 6.95. The first kappa shape index (κ1) is 15.3. The number of ether oxygens (including phenoxy) is 3. The highest BCUT2D eigenvalue weighted by Crippen LogP contribution is 2.31. The van der Waals surface area contributed by atoms with Crippen LogP contribution in [0, 0.1) is 11.3 Å². The quantitative estimate of drug-likeness (QED) is 0.804. The summed E-state index contributed by atoms with van der Waals surface area (Å²) in [6.45, 7) is 0.700. The van der Waals surface area contributed by atoms with Crippen molar-refractivity contribution in [3.63, 3.8) is 0 Å². The minimum Gasteiger partial charge on any atom is -0.493 e. The van der Waals surface area contributed by atoms with Gasteiger partial charge in [0.05, 0.1) is 26.4 Å². The molecule has 2 atom stereocenters. The number of nitrogens with zero attached hydrogens (tertiary/aromatic N) is 1. The van der Waals surface area contributed by atoms with Gasteiger partial charge in [0, 0.05) is 13.0 Å². The Balaban J connectivity index is 2.16. The average molecular weight is 289 g/mol. The lowest BCUT2D eigenvalue weighted by Crippen LogP contribution is -2.18. The number of nitriles is 1. The number of methoxy groups -OCH3 is 2. The molecule has 1 fully saturated rings. The summed E-state index contributed by atoms with van der Waals surface area (Å²) in [4.78, 5) is 12.3. The second-order valence-corrected chi connectivity index (χ2v) is 4.98. The Kier molecular flexibility index (Phi) is 5.18. The molecule has 1 heterocycles. The standard InChI is InChI=1S/C16H19NO4/c1-19-15-6-5-11(8-16(15)20-2)13(10-17)14(18)9-12-4-3-7-21-12/h5-6,8,12-13H,3-4,7,9H2,1-2H3. The van der Waals surface area contributed by atoms with E-state index in [0.29, 0.717) is 23.7 Å². The van der Waals surface area contributed by atoms with Gasteiger partial charge in [0.2, 0.25) is 0 Å². The zero-order valence-corrected chi connectivity index (χ0v) is 12.3. The molecule has 1 aliphatic rings. The third kappa shape index (κ3) is 3.53.